The van der Waals surface area contributed by atoms with Crippen LogP contribution in [0.25, 0.3) is 0 Å². The molecular formula is C21H32N4O3. The second kappa shape index (κ2) is 8.82. The van der Waals surface area contributed by atoms with Gasteiger partial charge in [-0.05, 0) is 29.5 Å². The number of hydrogen-bond donors (Lipinski definition) is 1. The van der Waals surface area contributed by atoms with Gasteiger partial charge in [0.15, 0.2) is 0 Å². The van der Waals surface area contributed by atoms with Crippen LogP contribution in [0, 0.1) is 0 Å². The Morgan fingerprint density at radius 1 is 0.929 bits per heavy atom. The largest absolute Gasteiger partial charge is 0.378 e. The second-order valence-corrected chi connectivity index (χ2v) is 8.47. The van der Waals surface area contributed by atoms with Gasteiger partial charge in [0.25, 0.3) is 0 Å². The van der Waals surface area contributed by atoms with Crippen molar-refractivity contribution in [3.05, 3.63) is 29.8 Å². The molecule has 7 nitrogen and oxygen atoms in total. The van der Waals surface area contributed by atoms with Crippen LogP contribution in [-0.2, 0) is 10.2 Å². The van der Waals surface area contributed by atoms with Crippen molar-refractivity contribution in [2.24, 2.45) is 0 Å². The van der Waals surface area contributed by atoms with E-state index in [4.69, 9.17) is 4.74 Å². The van der Waals surface area contributed by atoms with E-state index in [0.29, 0.717) is 52.5 Å². The molecule has 3 rings (SSSR count). The second-order valence-electron chi connectivity index (χ2n) is 8.47. The van der Waals surface area contributed by atoms with Gasteiger partial charge in [-0.3, -0.25) is 0 Å². The minimum Gasteiger partial charge on any atom is -0.378 e. The Morgan fingerprint density at radius 3 is 2.29 bits per heavy atom. The molecule has 0 aromatic heterocycles. The SMILES string of the molecule is CC(C)(C)c1cccc(NC(=O)N2CCCN(C(=O)N3CCOCC3)CC2)c1. The predicted molar refractivity (Wildman–Crippen MR) is 110 cm³/mol. The molecule has 0 saturated carbocycles. The van der Waals surface area contributed by atoms with E-state index < -0.39 is 0 Å². The third kappa shape index (κ3) is 5.16. The maximum atomic E-state index is 12.7. The number of benzene rings is 1. The number of urea groups is 2. The van der Waals surface area contributed by atoms with Crippen LogP contribution >= 0.6 is 0 Å². The van der Waals surface area contributed by atoms with Crippen molar-refractivity contribution in [2.45, 2.75) is 32.6 Å². The first kappa shape index (κ1) is 20.5. The first-order valence-corrected chi connectivity index (χ1v) is 10.1. The van der Waals surface area contributed by atoms with Gasteiger partial charge in [0.2, 0.25) is 0 Å². The summed E-state index contributed by atoms with van der Waals surface area (Å²) >= 11 is 0. The molecule has 4 amide bonds. The third-order valence-corrected chi connectivity index (χ3v) is 5.32. The van der Waals surface area contributed by atoms with Crippen LogP contribution in [0.5, 0.6) is 0 Å². The van der Waals surface area contributed by atoms with Gasteiger partial charge in [-0.2, -0.15) is 0 Å². The lowest BCUT2D eigenvalue weighted by Crippen LogP contribution is -2.49. The van der Waals surface area contributed by atoms with Gasteiger partial charge in [0.1, 0.15) is 0 Å². The molecule has 2 aliphatic rings. The Kier molecular flexibility index (Phi) is 6.44. The van der Waals surface area contributed by atoms with Crippen molar-refractivity contribution in [2.75, 3.05) is 57.8 Å². The van der Waals surface area contributed by atoms with E-state index in [2.05, 4.69) is 32.2 Å². The normalized spacial score (nSPS) is 18.6. The number of nitrogens with one attached hydrogen (secondary N) is 1. The van der Waals surface area contributed by atoms with Gasteiger partial charge < -0.3 is 24.8 Å². The van der Waals surface area contributed by atoms with E-state index in [1.54, 1.807) is 4.90 Å². The zero-order chi connectivity index (χ0) is 20.1. The zero-order valence-electron chi connectivity index (χ0n) is 17.2. The summed E-state index contributed by atoms with van der Waals surface area (Å²) in [6.07, 6.45) is 0.783. The van der Waals surface area contributed by atoms with E-state index >= 15 is 0 Å². The Morgan fingerprint density at radius 2 is 1.57 bits per heavy atom. The van der Waals surface area contributed by atoms with Crippen molar-refractivity contribution in [3.63, 3.8) is 0 Å². The molecule has 1 N–H and O–H groups in total. The number of nitrogens with zero attached hydrogens (tertiary/aromatic N) is 3. The predicted octanol–water partition coefficient (Wildman–Crippen LogP) is 2.98. The first-order chi connectivity index (χ1) is 13.3. The summed E-state index contributed by atoms with van der Waals surface area (Å²) in [7, 11) is 0. The van der Waals surface area contributed by atoms with Crippen LogP contribution in [0.4, 0.5) is 15.3 Å². The highest BCUT2D eigenvalue weighted by Crippen LogP contribution is 2.24. The van der Waals surface area contributed by atoms with E-state index in [1.807, 2.05) is 28.0 Å². The molecule has 1 aromatic carbocycles. The average molecular weight is 389 g/mol. The molecule has 0 aliphatic carbocycles. The summed E-state index contributed by atoms with van der Waals surface area (Å²) in [6.45, 7) is 11.4. The molecule has 0 atom stereocenters. The fraction of sp³-hybridized carbons (Fsp3) is 0.619. The van der Waals surface area contributed by atoms with Crippen LogP contribution in [0.2, 0.25) is 0 Å². The molecule has 1 aromatic rings. The molecule has 0 radical (unpaired) electrons. The number of carbonyl (C=O) groups excluding carboxylic acids is 2. The standard InChI is InChI=1S/C21H32N4O3/c1-21(2,3)17-6-4-7-18(16-17)22-19(26)23-8-5-9-24(11-10-23)20(27)25-12-14-28-15-13-25/h4,6-7,16H,5,8-15H2,1-3H3,(H,22,26). The fourth-order valence-electron chi connectivity index (χ4n) is 3.53. The molecule has 2 fully saturated rings. The number of ether oxygens (including phenoxy) is 1. The number of rotatable bonds is 1. The molecule has 0 unspecified atom stereocenters. The van der Waals surface area contributed by atoms with Gasteiger partial charge in [-0.15, -0.1) is 0 Å². The maximum absolute atomic E-state index is 12.7. The Hall–Kier alpha value is -2.28. The lowest BCUT2D eigenvalue weighted by Gasteiger charge is -2.32. The van der Waals surface area contributed by atoms with E-state index in [9.17, 15) is 9.59 Å². The summed E-state index contributed by atoms with van der Waals surface area (Å²) < 4.78 is 5.32. The van der Waals surface area contributed by atoms with Gasteiger partial charge in [0, 0.05) is 45.0 Å². The maximum Gasteiger partial charge on any atom is 0.321 e. The molecule has 2 saturated heterocycles. The zero-order valence-corrected chi connectivity index (χ0v) is 17.2. The number of anilines is 1. The highest BCUT2D eigenvalue weighted by Gasteiger charge is 2.26. The minimum atomic E-state index is -0.105. The highest BCUT2D eigenvalue weighted by molar-refractivity contribution is 5.89. The number of carbonyl (C=O) groups is 2. The van der Waals surface area contributed by atoms with Gasteiger partial charge >= 0.3 is 12.1 Å². The molecule has 7 heteroatoms. The number of morpholine rings is 1. The topological polar surface area (TPSA) is 65.1 Å². The van der Waals surface area contributed by atoms with Crippen molar-refractivity contribution < 1.29 is 14.3 Å². The lowest BCUT2D eigenvalue weighted by atomic mass is 9.87. The molecule has 0 spiro atoms. The van der Waals surface area contributed by atoms with Crippen molar-refractivity contribution in [1.82, 2.24) is 14.7 Å². The smallest absolute Gasteiger partial charge is 0.321 e. The summed E-state index contributed by atoms with van der Waals surface area (Å²) in [4.78, 5) is 30.9. The summed E-state index contributed by atoms with van der Waals surface area (Å²) in [5.74, 6) is 0. The van der Waals surface area contributed by atoms with Crippen LogP contribution in [-0.4, -0.2) is 79.2 Å². The van der Waals surface area contributed by atoms with Gasteiger partial charge in [-0.25, -0.2) is 9.59 Å². The third-order valence-electron chi connectivity index (χ3n) is 5.32. The van der Waals surface area contributed by atoms with Gasteiger partial charge in [0.05, 0.1) is 13.2 Å². The molecule has 0 bridgehead atoms. The molecule has 2 heterocycles. The van der Waals surface area contributed by atoms with Crippen LogP contribution in [0.15, 0.2) is 24.3 Å². The van der Waals surface area contributed by atoms with Crippen molar-refractivity contribution >= 4 is 17.7 Å². The highest BCUT2D eigenvalue weighted by atomic mass is 16.5. The fourth-order valence-corrected chi connectivity index (χ4v) is 3.53. The number of hydrogen-bond acceptors (Lipinski definition) is 3. The van der Waals surface area contributed by atoms with Crippen molar-refractivity contribution in [3.8, 4) is 0 Å². The van der Waals surface area contributed by atoms with E-state index in [-0.39, 0.29) is 17.5 Å². The van der Waals surface area contributed by atoms with Crippen LogP contribution in [0.1, 0.15) is 32.8 Å². The van der Waals surface area contributed by atoms with E-state index in [0.717, 1.165) is 12.1 Å². The Labute approximate surface area is 167 Å². The lowest BCUT2D eigenvalue weighted by molar-refractivity contribution is 0.0437. The Bertz CT molecular complexity index is 695. The van der Waals surface area contributed by atoms with Gasteiger partial charge in [-0.1, -0.05) is 32.9 Å². The summed E-state index contributed by atoms with van der Waals surface area (Å²) in [5, 5.41) is 3.02. The molecular weight excluding hydrogens is 356 g/mol. The quantitative estimate of drug-likeness (QED) is 0.804. The summed E-state index contributed by atoms with van der Waals surface area (Å²) in [6, 6.07) is 7.96. The first-order valence-electron chi connectivity index (χ1n) is 10.1. The molecule has 28 heavy (non-hydrogen) atoms. The minimum absolute atomic E-state index is 0.0314. The summed E-state index contributed by atoms with van der Waals surface area (Å²) in [5.41, 5.74) is 2.02. The monoisotopic (exact) mass is 388 g/mol. The molecule has 154 valence electrons. The van der Waals surface area contributed by atoms with E-state index in [1.165, 1.54) is 5.56 Å². The molecule has 2 aliphatic heterocycles. The Balaban J connectivity index is 1.56. The van der Waals surface area contributed by atoms with Crippen molar-refractivity contribution in [1.29, 1.82) is 0 Å². The van der Waals surface area contributed by atoms with Crippen LogP contribution in [0.3, 0.4) is 0 Å². The van der Waals surface area contributed by atoms with Crippen LogP contribution < -0.4 is 5.32 Å². The average Bonchev–Trinajstić information content (AvgIpc) is 2.94. The number of amides is 4.